The van der Waals surface area contributed by atoms with Crippen molar-refractivity contribution in [1.29, 1.82) is 0 Å². The van der Waals surface area contributed by atoms with Gasteiger partial charge >= 0.3 is 17.8 Å². The lowest BCUT2D eigenvalue weighted by Gasteiger charge is -2.15. The highest BCUT2D eigenvalue weighted by atomic mass is 32.2. The number of halogens is 3. The molecule has 0 aliphatic rings. The van der Waals surface area contributed by atoms with Crippen molar-refractivity contribution in [3.63, 3.8) is 0 Å². The first-order valence-corrected chi connectivity index (χ1v) is 12.0. The highest BCUT2D eigenvalue weighted by Crippen LogP contribution is 2.38. The number of aromatic nitrogens is 6. The zero-order valence-electron chi connectivity index (χ0n) is 17.0. The monoisotopic (exact) mass is 540 g/mol. The van der Waals surface area contributed by atoms with Gasteiger partial charge in [-0.2, -0.15) is 18.4 Å². The van der Waals surface area contributed by atoms with Crippen molar-refractivity contribution in [1.82, 2.24) is 30.6 Å². The van der Waals surface area contributed by atoms with E-state index in [9.17, 15) is 34.8 Å². The molecule has 20 heteroatoms. The Bertz CT molecular complexity index is 1470. The Morgan fingerprint density at radius 1 is 1.17 bits per heavy atom. The number of alkyl halides is 3. The van der Waals surface area contributed by atoms with Crippen molar-refractivity contribution in [3.05, 3.63) is 35.0 Å². The third-order valence-corrected chi connectivity index (χ3v) is 6.83. The van der Waals surface area contributed by atoms with Gasteiger partial charge in [-0.05, 0) is 16.8 Å². The second-order valence-corrected chi connectivity index (χ2v) is 9.89. The fourth-order valence-electron chi connectivity index (χ4n) is 2.58. The van der Waals surface area contributed by atoms with Gasteiger partial charge < -0.3 is 15.8 Å². The Balaban J connectivity index is 0.000000540. The number of H-pyrrole nitrogens is 2. The van der Waals surface area contributed by atoms with E-state index in [2.05, 4.69) is 30.6 Å². The van der Waals surface area contributed by atoms with E-state index in [1.165, 1.54) is 18.5 Å². The summed E-state index contributed by atoms with van der Waals surface area (Å²) < 4.78 is 81.7. The summed E-state index contributed by atoms with van der Waals surface area (Å²) in [5.41, 5.74) is 4.94. The van der Waals surface area contributed by atoms with Crippen molar-refractivity contribution >= 4 is 25.8 Å². The number of aliphatic carboxylic acids is 1. The standard InChI is InChI=1S/C13H14N8O5S2.C2HF3O2/c14-3-4-27(23,24)9-2-1-8(7-5-16-13(22)17-6-7)10(11(9)28(15,25)26)12-18-20-21-19-12;3-2(4,5)1(6)7/h1-2,5-6H,3-4,14H2,(H2,15,25,26)(H,16,17,22)(H,18,19,20,21);(H,6,7). The number of carboxylic acid groups (broad SMARTS) is 1. The summed E-state index contributed by atoms with van der Waals surface area (Å²) in [7, 11) is -8.65. The predicted octanol–water partition coefficient (Wildman–Crippen LogP) is -1.37. The van der Waals surface area contributed by atoms with Crippen molar-refractivity contribution in [2.75, 3.05) is 12.3 Å². The minimum Gasteiger partial charge on any atom is -0.475 e. The van der Waals surface area contributed by atoms with Gasteiger partial charge in [0.2, 0.25) is 15.8 Å². The van der Waals surface area contributed by atoms with E-state index in [1.54, 1.807) is 0 Å². The van der Waals surface area contributed by atoms with Gasteiger partial charge in [-0.25, -0.2) is 36.5 Å². The summed E-state index contributed by atoms with van der Waals surface area (Å²) in [6.45, 7) is -0.227. The van der Waals surface area contributed by atoms with Gasteiger partial charge in [0.25, 0.3) is 0 Å². The second-order valence-electron chi connectivity index (χ2n) is 6.31. The first kappa shape index (κ1) is 27.5. The number of hydrogen-bond donors (Lipinski definition) is 5. The summed E-state index contributed by atoms with van der Waals surface area (Å²) in [5.74, 6) is -3.47. The van der Waals surface area contributed by atoms with Crippen molar-refractivity contribution in [2.45, 2.75) is 16.0 Å². The number of tetrazole rings is 1. The molecule has 2 heterocycles. The minimum atomic E-state index is -5.08. The molecule has 0 atom stereocenters. The van der Waals surface area contributed by atoms with E-state index >= 15 is 0 Å². The van der Waals surface area contributed by atoms with Gasteiger partial charge in [0.1, 0.15) is 4.90 Å². The Morgan fingerprint density at radius 2 is 1.80 bits per heavy atom. The molecule has 35 heavy (non-hydrogen) atoms. The summed E-state index contributed by atoms with van der Waals surface area (Å²) in [6, 6.07) is 2.42. The molecule has 15 nitrogen and oxygen atoms in total. The zero-order valence-corrected chi connectivity index (χ0v) is 18.6. The molecule has 0 aliphatic carbocycles. The number of nitrogens with zero attached hydrogens (tertiary/aromatic N) is 4. The largest absolute Gasteiger partial charge is 0.490 e. The van der Waals surface area contributed by atoms with E-state index in [1.807, 2.05) is 0 Å². The maximum Gasteiger partial charge on any atom is 0.490 e. The van der Waals surface area contributed by atoms with Crippen LogP contribution in [0.4, 0.5) is 13.2 Å². The molecule has 190 valence electrons. The number of carboxylic acids is 1. The molecule has 3 aromatic rings. The molecule has 0 unspecified atom stereocenters. The molecule has 1 aromatic carbocycles. The van der Waals surface area contributed by atoms with E-state index in [-0.39, 0.29) is 29.1 Å². The number of rotatable bonds is 6. The molecule has 0 radical (unpaired) electrons. The SMILES string of the molecule is NCCS(=O)(=O)c1ccc(-c2cnc(=O)[nH]c2)c(-c2nn[nH]n2)c1S(N)(=O)=O.O=C(O)C(F)(F)F. The lowest BCUT2D eigenvalue weighted by atomic mass is 10.0. The number of sulfone groups is 1. The molecular weight excluding hydrogens is 525 g/mol. The number of sulfonamides is 1. The fraction of sp³-hybridized carbons (Fsp3) is 0.200. The van der Waals surface area contributed by atoms with Crippen molar-refractivity contribution in [2.24, 2.45) is 10.9 Å². The average Bonchev–Trinajstić information content (AvgIpc) is 3.27. The Kier molecular flexibility index (Phi) is 8.05. The third kappa shape index (κ3) is 6.65. The van der Waals surface area contributed by atoms with E-state index in [0.29, 0.717) is 0 Å². The summed E-state index contributed by atoms with van der Waals surface area (Å²) in [6.07, 6.45) is -2.63. The predicted molar refractivity (Wildman–Crippen MR) is 110 cm³/mol. The average molecular weight is 540 g/mol. The second kappa shape index (κ2) is 10.2. The molecule has 2 aromatic heterocycles. The van der Waals surface area contributed by atoms with Crippen LogP contribution in [0.2, 0.25) is 0 Å². The quantitative estimate of drug-likeness (QED) is 0.243. The molecule has 0 saturated carbocycles. The molecule has 0 aliphatic heterocycles. The number of nitrogens with one attached hydrogen (secondary N) is 2. The van der Waals surface area contributed by atoms with Crippen LogP contribution in [0.5, 0.6) is 0 Å². The van der Waals surface area contributed by atoms with Gasteiger partial charge in [0, 0.05) is 24.5 Å². The lowest BCUT2D eigenvalue weighted by molar-refractivity contribution is -0.192. The van der Waals surface area contributed by atoms with Crippen LogP contribution in [-0.2, 0) is 24.7 Å². The molecular formula is C15H15F3N8O7S2. The highest BCUT2D eigenvalue weighted by Gasteiger charge is 2.38. The van der Waals surface area contributed by atoms with Crippen LogP contribution in [0.15, 0.2) is 39.1 Å². The number of aromatic amines is 2. The maximum absolute atomic E-state index is 12.6. The first-order chi connectivity index (χ1) is 16.1. The number of benzene rings is 1. The highest BCUT2D eigenvalue weighted by molar-refractivity contribution is 7.93. The van der Waals surface area contributed by atoms with Gasteiger partial charge in [-0.15, -0.1) is 10.2 Å². The Hall–Kier alpha value is -3.75. The molecule has 0 bridgehead atoms. The van der Waals surface area contributed by atoms with E-state index < -0.39 is 53.2 Å². The lowest BCUT2D eigenvalue weighted by Crippen LogP contribution is -2.22. The molecule has 0 saturated heterocycles. The van der Waals surface area contributed by atoms with Crippen molar-refractivity contribution in [3.8, 4) is 22.5 Å². The number of nitrogens with two attached hydrogens (primary N) is 2. The molecule has 3 rings (SSSR count). The van der Waals surface area contributed by atoms with Crippen molar-refractivity contribution < 1.29 is 39.9 Å². The van der Waals surface area contributed by atoms with E-state index in [4.69, 9.17) is 20.8 Å². The normalized spacial score (nSPS) is 12.0. The molecule has 0 amide bonds. The smallest absolute Gasteiger partial charge is 0.475 e. The summed E-state index contributed by atoms with van der Waals surface area (Å²) >= 11 is 0. The number of hydrogen-bond acceptors (Lipinski definition) is 11. The summed E-state index contributed by atoms with van der Waals surface area (Å²) in [5, 5.41) is 25.5. The molecule has 7 N–H and O–H groups in total. The minimum absolute atomic E-state index is 0.167. The molecule has 0 spiro atoms. The number of primary sulfonamides is 1. The van der Waals surface area contributed by atoms with E-state index in [0.717, 1.165) is 6.07 Å². The van der Waals surface area contributed by atoms with Crippen LogP contribution in [0.25, 0.3) is 22.5 Å². The Labute approximate surface area is 193 Å². The zero-order chi connectivity index (χ0) is 26.6. The van der Waals surface area contributed by atoms with Crippen LogP contribution >= 0.6 is 0 Å². The topological polar surface area (TPSA) is 258 Å². The number of carbonyl (C=O) groups is 1. The van der Waals surface area contributed by atoms with Crippen LogP contribution in [0.3, 0.4) is 0 Å². The fourth-order valence-corrected chi connectivity index (χ4v) is 5.33. The van der Waals surface area contributed by atoms with Gasteiger partial charge in [-0.1, -0.05) is 6.07 Å². The van der Waals surface area contributed by atoms with Gasteiger partial charge in [-0.3, -0.25) is 0 Å². The summed E-state index contributed by atoms with van der Waals surface area (Å²) in [4.78, 5) is 24.8. The maximum atomic E-state index is 12.6. The van der Waals surface area contributed by atoms with Crippen LogP contribution < -0.4 is 16.6 Å². The van der Waals surface area contributed by atoms with Gasteiger partial charge in [0.15, 0.2) is 9.84 Å². The van der Waals surface area contributed by atoms with Crippen LogP contribution in [0, 0.1) is 0 Å². The van der Waals surface area contributed by atoms with Gasteiger partial charge in [0.05, 0.1) is 16.2 Å². The van der Waals surface area contributed by atoms with Crippen LogP contribution in [0.1, 0.15) is 0 Å². The van der Waals surface area contributed by atoms with Crippen LogP contribution in [-0.4, -0.2) is 77.0 Å². The Morgan fingerprint density at radius 3 is 2.23 bits per heavy atom. The molecule has 0 fully saturated rings. The third-order valence-electron chi connectivity index (χ3n) is 3.92. The first-order valence-electron chi connectivity index (χ1n) is 8.81.